The summed E-state index contributed by atoms with van der Waals surface area (Å²) >= 11 is 0. The second kappa shape index (κ2) is 13.6. The number of amides is 2. The van der Waals surface area contributed by atoms with E-state index in [0.29, 0.717) is 35.2 Å². The van der Waals surface area contributed by atoms with Crippen LogP contribution in [-0.4, -0.2) is 57.1 Å². The minimum absolute atomic E-state index is 0.0161. The van der Waals surface area contributed by atoms with E-state index in [2.05, 4.69) is 15.2 Å². The summed E-state index contributed by atoms with van der Waals surface area (Å²) in [6.45, 7) is 9.81. The van der Waals surface area contributed by atoms with Gasteiger partial charge in [0.1, 0.15) is 6.54 Å². The van der Waals surface area contributed by atoms with Crippen LogP contribution in [0.1, 0.15) is 56.0 Å². The smallest absolute Gasteiger partial charge is 0.314 e. The first-order valence-electron chi connectivity index (χ1n) is 14.1. The molecule has 228 valence electrons. The number of rotatable bonds is 13. The van der Waals surface area contributed by atoms with Crippen molar-refractivity contribution in [3.8, 4) is 11.1 Å². The fraction of sp³-hybridized carbons (Fsp3) is 0.452. The Balaban J connectivity index is 2.11. The Labute approximate surface area is 249 Å². The van der Waals surface area contributed by atoms with Gasteiger partial charge < -0.3 is 14.6 Å². The second-order valence-electron chi connectivity index (χ2n) is 11.1. The molecule has 2 N–H and O–H groups in total. The normalized spacial score (nSPS) is 13.9. The highest BCUT2D eigenvalue weighted by molar-refractivity contribution is 7.92. The van der Waals surface area contributed by atoms with Gasteiger partial charge in [-0.2, -0.15) is 0 Å². The SMILES string of the molecule is CCCC(=O)[N+](C)(Cc1ccc(-c2ccccc2S(=O)(=O)Nc2onc(C)c2C)c(COC)c1)[C@H](C(=O)NC)C(C)C. The first kappa shape index (κ1) is 33.0. The van der Waals surface area contributed by atoms with Gasteiger partial charge in [-0.15, -0.1) is 0 Å². The quantitative estimate of drug-likeness (QED) is 0.266. The van der Waals surface area contributed by atoms with E-state index < -0.39 is 16.1 Å². The Morgan fingerprint density at radius 3 is 2.36 bits per heavy atom. The van der Waals surface area contributed by atoms with Crippen LogP contribution in [0, 0.1) is 19.8 Å². The van der Waals surface area contributed by atoms with E-state index in [1.807, 2.05) is 46.0 Å². The molecule has 2 atom stereocenters. The Morgan fingerprint density at radius 1 is 1.10 bits per heavy atom. The third-order valence-corrected chi connectivity index (χ3v) is 9.01. The third-order valence-electron chi connectivity index (χ3n) is 7.63. The molecule has 3 rings (SSSR count). The van der Waals surface area contributed by atoms with Crippen molar-refractivity contribution in [1.29, 1.82) is 0 Å². The highest BCUT2D eigenvalue weighted by atomic mass is 32.2. The molecule has 0 aliphatic rings. The number of sulfonamides is 1. The number of aryl methyl sites for hydroxylation is 1. The molecule has 0 aliphatic carbocycles. The maximum Gasteiger partial charge on any atom is 0.314 e. The molecule has 0 radical (unpaired) electrons. The van der Waals surface area contributed by atoms with Crippen molar-refractivity contribution in [1.82, 2.24) is 10.5 Å². The molecule has 2 aromatic carbocycles. The van der Waals surface area contributed by atoms with Crippen molar-refractivity contribution in [2.24, 2.45) is 5.92 Å². The average molecular weight is 600 g/mol. The molecular weight excluding hydrogens is 556 g/mol. The van der Waals surface area contributed by atoms with Gasteiger partial charge in [-0.3, -0.25) is 4.79 Å². The van der Waals surface area contributed by atoms with Gasteiger partial charge in [-0.1, -0.05) is 56.3 Å². The van der Waals surface area contributed by atoms with Gasteiger partial charge >= 0.3 is 5.91 Å². The van der Waals surface area contributed by atoms with Crippen LogP contribution in [0.15, 0.2) is 51.9 Å². The number of methoxy groups -OCH3 is 1. The van der Waals surface area contributed by atoms with Gasteiger partial charge in [-0.25, -0.2) is 22.4 Å². The number of carbonyl (C=O) groups is 2. The zero-order chi connectivity index (χ0) is 31.2. The monoisotopic (exact) mass is 599 g/mol. The Morgan fingerprint density at radius 2 is 1.79 bits per heavy atom. The fourth-order valence-electron chi connectivity index (χ4n) is 5.45. The number of hydrogen-bond donors (Lipinski definition) is 2. The van der Waals surface area contributed by atoms with Gasteiger partial charge in [0.15, 0.2) is 6.04 Å². The first-order chi connectivity index (χ1) is 19.8. The largest absolute Gasteiger partial charge is 0.380 e. The molecule has 2 amide bonds. The number of nitrogens with one attached hydrogen (secondary N) is 2. The number of aromatic nitrogens is 1. The summed E-state index contributed by atoms with van der Waals surface area (Å²) in [5.74, 6) is -0.221. The van der Waals surface area contributed by atoms with Crippen LogP contribution in [0.2, 0.25) is 0 Å². The summed E-state index contributed by atoms with van der Waals surface area (Å²) in [5, 5.41) is 6.59. The summed E-state index contributed by atoms with van der Waals surface area (Å²) in [4.78, 5) is 26.6. The van der Waals surface area contributed by atoms with Crippen LogP contribution >= 0.6 is 0 Å². The van der Waals surface area contributed by atoms with Crippen molar-refractivity contribution >= 4 is 27.7 Å². The van der Waals surface area contributed by atoms with E-state index in [1.165, 1.54) is 6.07 Å². The molecule has 0 saturated heterocycles. The maximum atomic E-state index is 13.5. The van der Waals surface area contributed by atoms with Crippen LogP contribution in [0.3, 0.4) is 0 Å². The van der Waals surface area contributed by atoms with E-state index in [9.17, 15) is 18.0 Å². The van der Waals surface area contributed by atoms with Crippen molar-refractivity contribution in [3.05, 3.63) is 64.8 Å². The molecule has 1 aromatic heterocycles. The summed E-state index contributed by atoms with van der Waals surface area (Å²) in [6, 6.07) is 11.8. The predicted octanol–water partition coefficient (Wildman–Crippen LogP) is 4.95. The number of benzene rings is 2. The minimum atomic E-state index is -4.04. The highest BCUT2D eigenvalue weighted by Gasteiger charge is 2.45. The number of quaternary nitrogens is 1. The number of carbonyl (C=O) groups excluding carboxylic acids is 2. The van der Waals surface area contributed by atoms with Crippen molar-refractivity contribution in [2.45, 2.75) is 71.5 Å². The minimum Gasteiger partial charge on any atom is -0.380 e. The molecule has 0 aliphatic heterocycles. The van der Waals surface area contributed by atoms with E-state index in [0.717, 1.165) is 11.1 Å². The van der Waals surface area contributed by atoms with Crippen LogP contribution in [-0.2, 0) is 37.5 Å². The lowest BCUT2D eigenvalue weighted by Gasteiger charge is -2.40. The van der Waals surface area contributed by atoms with Crippen molar-refractivity contribution in [2.75, 3.05) is 25.9 Å². The molecule has 1 unspecified atom stereocenters. The molecule has 0 fully saturated rings. The lowest BCUT2D eigenvalue weighted by atomic mass is 9.94. The van der Waals surface area contributed by atoms with Crippen molar-refractivity contribution < 1.29 is 31.7 Å². The summed E-state index contributed by atoms with van der Waals surface area (Å²) in [6.07, 6.45) is 1.02. The third kappa shape index (κ3) is 6.91. The number of anilines is 1. The summed E-state index contributed by atoms with van der Waals surface area (Å²) in [5.41, 5.74) is 3.95. The Hall–Kier alpha value is -3.54. The van der Waals surface area contributed by atoms with Crippen molar-refractivity contribution in [3.63, 3.8) is 0 Å². The molecule has 1 heterocycles. The highest BCUT2D eigenvalue weighted by Crippen LogP contribution is 2.34. The van der Waals surface area contributed by atoms with Crippen LogP contribution in [0.5, 0.6) is 0 Å². The van der Waals surface area contributed by atoms with Crippen LogP contribution in [0.25, 0.3) is 11.1 Å². The first-order valence-corrected chi connectivity index (χ1v) is 15.5. The van der Waals surface area contributed by atoms with E-state index in [4.69, 9.17) is 9.26 Å². The topological polar surface area (TPSA) is 128 Å². The molecular formula is C31H43N4O6S+. The maximum absolute atomic E-state index is 13.5. The molecule has 10 nitrogen and oxygen atoms in total. The second-order valence-corrected chi connectivity index (χ2v) is 12.8. The van der Waals surface area contributed by atoms with Gasteiger partial charge in [0.25, 0.3) is 15.9 Å². The standard InChI is InChI=1S/C31H42N4O6S/c1-9-12-28(36)35(7,29(20(2)3)30(37)32-6)18-23-15-16-25(24(17-23)19-40-8)26-13-10-11-14-27(26)42(38,39)34-31-21(4)22(5)33-41-31/h10-11,13-17,20,29H,9,12,18-19H2,1-8H3,(H-,32,33,34,37)/p+1/t29-,35?/m0/s1. The summed E-state index contributed by atoms with van der Waals surface area (Å²) in [7, 11) is 0.939. The fourth-order valence-corrected chi connectivity index (χ4v) is 6.72. The van der Waals surface area contributed by atoms with Gasteiger partial charge in [-0.05, 0) is 43.5 Å². The summed E-state index contributed by atoms with van der Waals surface area (Å²) < 4.78 is 40.2. The molecule has 0 spiro atoms. The van der Waals surface area contributed by atoms with E-state index in [1.54, 1.807) is 46.2 Å². The predicted molar refractivity (Wildman–Crippen MR) is 162 cm³/mol. The zero-order valence-electron chi connectivity index (χ0n) is 25.8. The van der Waals surface area contributed by atoms with Gasteiger partial charge in [0.2, 0.25) is 5.88 Å². The Kier molecular flexibility index (Phi) is 10.7. The van der Waals surface area contributed by atoms with Gasteiger partial charge in [0, 0.05) is 36.8 Å². The van der Waals surface area contributed by atoms with Gasteiger partial charge in [0.05, 0.1) is 30.7 Å². The zero-order valence-corrected chi connectivity index (χ0v) is 26.6. The number of nitrogens with zero attached hydrogens (tertiary/aromatic N) is 2. The lowest BCUT2D eigenvalue weighted by molar-refractivity contribution is -0.868. The van der Waals surface area contributed by atoms with E-state index in [-0.39, 0.29) is 46.1 Å². The molecule has 3 aromatic rings. The van der Waals surface area contributed by atoms with Crippen LogP contribution < -0.4 is 10.0 Å². The van der Waals surface area contributed by atoms with E-state index >= 15 is 0 Å². The number of ether oxygens (including phenoxy) is 1. The molecule has 42 heavy (non-hydrogen) atoms. The Bertz CT molecular complexity index is 1530. The van der Waals surface area contributed by atoms with Crippen LogP contribution in [0.4, 0.5) is 5.88 Å². The average Bonchev–Trinajstić information content (AvgIpc) is 3.25. The number of likely N-dealkylation sites (N-methyl/N-ethyl adjacent to an activating group) is 2. The molecule has 11 heteroatoms. The number of hydrogen-bond acceptors (Lipinski definition) is 7. The lowest BCUT2D eigenvalue weighted by Crippen LogP contribution is -2.62. The molecule has 0 bridgehead atoms. The molecule has 0 saturated carbocycles.